The van der Waals surface area contributed by atoms with E-state index < -0.39 is 0 Å². The van der Waals surface area contributed by atoms with E-state index in [1.807, 2.05) is 36.4 Å². The van der Waals surface area contributed by atoms with E-state index >= 15 is 0 Å². The first-order chi connectivity index (χ1) is 19.7. The Balaban J connectivity index is 1.05. The minimum Gasteiger partial charge on any atom is -0.490 e. The second kappa shape index (κ2) is 9.23. The molecule has 5 nitrogen and oxygen atoms in total. The van der Waals surface area contributed by atoms with Crippen LogP contribution in [0.3, 0.4) is 0 Å². The third-order valence-corrected chi connectivity index (χ3v) is 8.71. The number of fused-ring (bicyclic) bond motifs is 5. The number of nitrogens with zero attached hydrogens (tertiary/aromatic N) is 3. The largest absolute Gasteiger partial charge is 0.490 e. The molecule has 0 aliphatic heterocycles. The molecule has 1 saturated carbocycles. The maximum absolute atomic E-state index is 6.39. The second-order valence-corrected chi connectivity index (χ2v) is 11.1. The molecule has 0 spiro atoms. The van der Waals surface area contributed by atoms with Crippen molar-refractivity contribution in [3.8, 4) is 34.3 Å². The lowest BCUT2D eigenvalue weighted by Crippen LogP contribution is -2.26. The van der Waals surface area contributed by atoms with Crippen molar-refractivity contribution >= 4 is 21.8 Å². The van der Waals surface area contributed by atoms with Gasteiger partial charge in [0.25, 0.3) is 0 Å². The molecule has 4 unspecified atom stereocenters. The Morgan fingerprint density at radius 1 is 0.750 bits per heavy atom. The zero-order valence-electron chi connectivity index (χ0n) is 22.3. The molecule has 5 heteroatoms. The maximum Gasteiger partial charge on any atom is 0.248 e. The molecule has 1 fully saturated rings. The van der Waals surface area contributed by atoms with E-state index in [-0.39, 0.29) is 6.10 Å². The molecule has 196 valence electrons. The smallest absolute Gasteiger partial charge is 0.248 e. The van der Waals surface area contributed by atoms with Gasteiger partial charge in [0, 0.05) is 33.5 Å². The van der Waals surface area contributed by atoms with Crippen molar-refractivity contribution in [2.24, 2.45) is 17.8 Å². The fourth-order valence-corrected chi connectivity index (χ4v) is 6.78. The first-order valence-electron chi connectivity index (χ1n) is 14.1. The van der Waals surface area contributed by atoms with E-state index in [0.29, 0.717) is 23.6 Å². The molecule has 4 atom stereocenters. The van der Waals surface area contributed by atoms with Crippen molar-refractivity contribution in [2.75, 3.05) is 0 Å². The predicted octanol–water partition coefficient (Wildman–Crippen LogP) is 8.48. The van der Waals surface area contributed by atoms with Crippen molar-refractivity contribution < 1.29 is 9.15 Å². The van der Waals surface area contributed by atoms with Crippen molar-refractivity contribution in [3.05, 3.63) is 109 Å². The topological polar surface area (TPSA) is 53.1 Å². The number of allylic oxidation sites excluding steroid dienone is 2. The highest BCUT2D eigenvalue weighted by Gasteiger charge is 2.39. The Labute approximate surface area is 232 Å². The van der Waals surface area contributed by atoms with E-state index in [0.717, 1.165) is 28.5 Å². The molecule has 2 aliphatic rings. The van der Waals surface area contributed by atoms with Gasteiger partial charge in [0.05, 0.1) is 17.1 Å². The summed E-state index contributed by atoms with van der Waals surface area (Å²) in [6, 6.07) is 33.3. The SMILES string of the molecule is CC(Oc1cccc(-c2nnc(-c3ccc(-n4c5ccccc5c5ccccc54)cc3)o2)c1)C1CC2C=CC1C2. The standard InChI is InChI=1S/C35H29N3O2/c1-22(31-20-23-13-14-25(31)19-23)39-28-8-6-7-26(21-28)35-37-36-34(40-35)24-15-17-27(18-16-24)38-32-11-4-2-9-29(32)30-10-3-5-12-33(30)38/h2-18,21-23,25,31H,19-20H2,1H3. The lowest BCUT2D eigenvalue weighted by Gasteiger charge is -2.26. The molecule has 0 radical (unpaired) electrons. The minimum atomic E-state index is 0.168. The van der Waals surface area contributed by atoms with Crippen LogP contribution < -0.4 is 4.74 Å². The highest BCUT2D eigenvalue weighted by molar-refractivity contribution is 6.09. The monoisotopic (exact) mass is 523 g/mol. The minimum absolute atomic E-state index is 0.168. The van der Waals surface area contributed by atoms with Crippen LogP contribution in [0.2, 0.25) is 0 Å². The summed E-state index contributed by atoms with van der Waals surface area (Å²) >= 11 is 0. The maximum atomic E-state index is 6.39. The number of para-hydroxylation sites is 2. The van der Waals surface area contributed by atoms with Crippen LogP contribution in [0.5, 0.6) is 5.75 Å². The molecule has 2 aromatic heterocycles. The third-order valence-electron chi connectivity index (χ3n) is 8.71. The Kier molecular flexibility index (Phi) is 5.37. The van der Waals surface area contributed by atoms with Gasteiger partial charge in [-0.2, -0.15) is 0 Å². The van der Waals surface area contributed by atoms with Crippen molar-refractivity contribution in [3.63, 3.8) is 0 Å². The first-order valence-corrected chi connectivity index (χ1v) is 14.1. The van der Waals surface area contributed by atoms with Gasteiger partial charge in [-0.1, -0.05) is 54.6 Å². The summed E-state index contributed by atoms with van der Waals surface area (Å²) in [7, 11) is 0. The lowest BCUT2D eigenvalue weighted by molar-refractivity contribution is 0.134. The summed E-state index contributed by atoms with van der Waals surface area (Å²) in [5.41, 5.74) is 5.20. The molecule has 0 N–H and O–H groups in total. The highest BCUT2D eigenvalue weighted by atomic mass is 16.5. The zero-order valence-corrected chi connectivity index (χ0v) is 22.3. The second-order valence-electron chi connectivity index (χ2n) is 11.1. The van der Waals surface area contributed by atoms with Gasteiger partial charge in [-0.05, 0) is 86.2 Å². The van der Waals surface area contributed by atoms with Crippen molar-refractivity contribution in [1.29, 1.82) is 0 Å². The normalized spacial score (nSPS) is 20.5. The number of ether oxygens (including phenoxy) is 1. The molecule has 4 aromatic carbocycles. The molecule has 2 aliphatic carbocycles. The fourth-order valence-electron chi connectivity index (χ4n) is 6.78. The van der Waals surface area contributed by atoms with E-state index in [9.17, 15) is 0 Å². The van der Waals surface area contributed by atoms with Crippen LogP contribution in [0.1, 0.15) is 19.8 Å². The molecule has 6 aromatic rings. The summed E-state index contributed by atoms with van der Waals surface area (Å²) in [6.45, 7) is 2.19. The fraction of sp³-hybridized carbons (Fsp3) is 0.200. The van der Waals surface area contributed by atoms with Crippen LogP contribution in [0.4, 0.5) is 0 Å². The number of hydrogen-bond acceptors (Lipinski definition) is 4. The first kappa shape index (κ1) is 23.3. The molecule has 0 amide bonds. The Bertz CT molecular complexity index is 1830. The molecule has 8 rings (SSSR count). The van der Waals surface area contributed by atoms with Gasteiger partial charge < -0.3 is 13.7 Å². The molecular formula is C35H29N3O2. The molecule has 0 saturated heterocycles. The summed E-state index contributed by atoms with van der Waals surface area (Å²) in [5.74, 6) is 3.80. The Morgan fingerprint density at radius 2 is 1.45 bits per heavy atom. The molecular weight excluding hydrogens is 494 g/mol. The third kappa shape index (κ3) is 3.84. The number of rotatable bonds is 6. The summed E-state index contributed by atoms with van der Waals surface area (Å²) in [6.07, 6.45) is 7.43. The number of hydrogen-bond donors (Lipinski definition) is 0. The van der Waals surface area contributed by atoms with E-state index in [1.165, 1.54) is 34.6 Å². The lowest BCUT2D eigenvalue weighted by atomic mass is 9.89. The van der Waals surface area contributed by atoms with Gasteiger partial charge in [-0.25, -0.2) is 0 Å². The average Bonchev–Trinajstić information content (AvgIpc) is 3.81. The van der Waals surface area contributed by atoms with Gasteiger partial charge >= 0.3 is 0 Å². The van der Waals surface area contributed by atoms with Crippen molar-refractivity contribution in [2.45, 2.75) is 25.9 Å². The summed E-state index contributed by atoms with van der Waals surface area (Å²) in [4.78, 5) is 0. The van der Waals surface area contributed by atoms with Crippen LogP contribution in [0.15, 0.2) is 114 Å². The van der Waals surface area contributed by atoms with Gasteiger partial charge in [-0.15, -0.1) is 10.2 Å². The van der Waals surface area contributed by atoms with Gasteiger partial charge in [0.2, 0.25) is 11.8 Å². The average molecular weight is 524 g/mol. The van der Waals surface area contributed by atoms with Gasteiger partial charge in [-0.3, -0.25) is 0 Å². The zero-order chi connectivity index (χ0) is 26.6. The molecule has 2 bridgehead atoms. The molecule has 40 heavy (non-hydrogen) atoms. The summed E-state index contributed by atoms with van der Waals surface area (Å²) < 4.78 is 14.8. The van der Waals surface area contributed by atoms with Crippen molar-refractivity contribution in [1.82, 2.24) is 14.8 Å². The van der Waals surface area contributed by atoms with Crippen LogP contribution in [0.25, 0.3) is 50.4 Å². The van der Waals surface area contributed by atoms with Crippen LogP contribution in [-0.2, 0) is 0 Å². The van der Waals surface area contributed by atoms with Gasteiger partial charge in [0.15, 0.2) is 0 Å². The Morgan fingerprint density at radius 3 is 2.12 bits per heavy atom. The summed E-state index contributed by atoms with van der Waals surface area (Å²) in [5, 5.41) is 11.2. The van der Waals surface area contributed by atoms with E-state index in [1.54, 1.807) is 0 Å². The van der Waals surface area contributed by atoms with E-state index in [4.69, 9.17) is 9.15 Å². The van der Waals surface area contributed by atoms with E-state index in [2.05, 4.69) is 94.5 Å². The predicted molar refractivity (Wildman–Crippen MR) is 158 cm³/mol. The van der Waals surface area contributed by atoms with Crippen LogP contribution >= 0.6 is 0 Å². The Hall–Kier alpha value is -4.64. The number of aromatic nitrogens is 3. The number of benzene rings is 4. The van der Waals surface area contributed by atoms with Crippen LogP contribution in [0, 0.1) is 17.8 Å². The van der Waals surface area contributed by atoms with Crippen LogP contribution in [-0.4, -0.2) is 20.9 Å². The highest BCUT2D eigenvalue weighted by Crippen LogP contribution is 2.45. The quantitative estimate of drug-likeness (QED) is 0.205. The molecule has 2 heterocycles. The van der Waals surface area contributed by atoms with Gasteiger partial charge in [0.1, 0.15) is 5.75 Å².